The lowest BCUT2D eigenvalue weighted by molar-refractivity contribution is -0.118. The molecule has 0 saturated heterocycles. The van der Waals surface area contributed by atoms with E-state index in [0.717, 1.165) is 10.0 Å². The highest BCUT2D eigenvalue weighted by molar-refractivity contribution is 9.10. The van der Waals surface area contributed by atoms with Gasteiger partial charge in [-0.2, -0.15) is 0 Å². The second-order valence-electron chi connectivity index (χ2n) is 4.46. The van der Waals surface area contributed by atoms with Crippen molar-refractivity contribution in [2.45, 2.75) is 6.42 Å². The predicted molar refractivity (Wildman–Crippen MR) is 85.5 cm³/mol. The molecule has 5 heteroatoms. The fourth-order valence-corrected chi connectivity index (χ4v) is 2.02. The molecule has 2 aromatic carbocycles. The van der Waals surface area contributed by atoms with Crippen molar-refractivity contribution in [1.82, 2.24) is 0 Å². The minimum absolute atomic E-state index is 0.0416. The summed E-state index contributed by atoms with van der Waals surface area (Å²) in [4.78, 5) is 11.8. The minimum atomic E-state index is -0.215. The van der Waals surface area contributed by atoms with Crippen LogP contribution < -0.4 is 10.1 Å². The number of anilines is 1. The topological polar surface area (TPSA) is 58.6 Å². The average Bonchev–Trinajstić information content (AvgIpc) is 2.49. The van der Waals surface area contributed by atoms with E-state index in [1.165, 1.54) is 0 Å². The number of rotatable bonds is 6. The largest absolute Gasteiger partial charge is 0.484 e. The van der Waals surface area contributed by atoms with E-state index in [4.69, 9.17) is 9.84 Å². The van der Waals surface area contributed by atoms with Gasteiger partial charge in [-0.05, 0) is 48.4 Å². The summed E-state index contributed by atoms with van der Waals surface area (Å²) in [5.74, 6) is 0.430. The molecule has 0 spiro atoms. The standard InChI is InChI=1S/C16H16BrNO3/c17-13-3-7-15(8-4-13)21-11-16(20)18-14-5-1-12(2-6-14)9-10-19/h1-8,19H,9-11H2,(H,18,20). The summed E-state index contributed by atoms with van der Waals surface area (Å²) in [6, 6.07) is 14.7. The molecule has 2 aromatic rings. The first-order chi connectivity index (χ1) is 10.2. The summed E-state index contributed by atoms with van der Waals surface area (Å²) in [7, 11) is 0. The van der Waals surface area contributed by atoms with E-state index in [9.17, 15) is 4.79 Å². The van der Waals surface area contributed by atoms with Gasteiger partial charge in [0.05, 0.1) is 0 Å². The van der Waals surface area contributed by atoms with Crippen LogP contribution in [-0.2, 0) is 11.2 Å². The number of aliphatic hydroxyl groups is 1. The van der Waals surface area contributed by atoms with Crippen molar-refractivity contribution in [3.05, 3.63) is 58.6 Å². The van der Waals surface area contributed by atoms with Crippen LogP contribution in [0.4, 0.5) is 5.69 Å². The average molecular weight is 350 g/mol. The minimum Gasteiger partial charge on any atom is -0.484 e. The van der Waals surface area contributed by atoms with Gasteiger partial charge < -0.3 is 15.2 Å². The molecule has 21 heavy (non-hydrogen) atoms. The number of hydrogen-bond donors (Lipinski definition) is 2. The molecule has 0 saturated carbocycles. The number of benzene rings is 2. The zero-order valence-corrected chi connectivity index (χ0v) is 13.0. The van der Waals surface area contributed by atoms with Crippen LogP contribution >= 0.6 is 15.9 Å². The number of carbonyl (C=O) groups excluding carboxylic acids is 1. The summed E-state index contributed by atoms with van der Waals surface area (Å²) in [5.41, 5.74) is 1.74. The smallest absolute Gasteiger partial charge is 0.262 e. The van der Waals surface area contributed by atoms with E-state index in [1.807, 2.05) is 36.4 Å². The first-order valence-electron chi connectivity index (χ1n) is 6.55. The third-order valence-corrected chi connectivity index (χ3v) is 3.35. The Hall–Kier alpha value is -1.85. The van der Waals surface area contributed by atoms with Crippen molar-refractivity contribution in [3.63, 3.8) is 0 Å². The Labute approximate surface area is 131 Å². The van der Waals surface area contributed by atoms with E-state index in [0.29, 0.717) is 17.9 Å². The molecule has 0 fully saturated rings. The summed E-state index contributed by atoms with van der Waals surface area (Å²) in [6.45, 7) is 0.0762. The summed E-state index contributed by atoms with van der Waals surface area (Å²) in [5, 5.41) is 11.6. The number of carbonyl (C=O) groups is 1. The second-order valence-corrected chi connectivity index (χ2v) is 5.38. The number of hydrogen-bond acceptors (Lipinski definition) is 3. The van der Waals surface area contributed by atoms with Gasteiger partial charge in [-0.15, -0.1) is 0 Å². The molecule has 0 aliphatic carbocycles. The van der Waals surface area contributed by atoms with Crippen LogP contribution in [0, 0.1) is 0 Å². The Morgan fingerprint density at radius 1 is 1.10 bits per heavy atom. The van der Waals surface area contributed by atoms with E-state index < -0.39 is 0 Å². The Morgan fingerprint density at radius 3 is 2.38 bits per heavy atom. The number of amides is 1. The van der Waals surface area contributed by atoms with Crippen molar-refractivity contribution in [3.8, 4) is 5.75 Å². The maximum Gasteiger partial charge on any atom is 0.262 e. The molecule has 0 unspecified atom stereocenters. The third-order valence-electron chi connectivity index (χ3n) is 2.82. The lowest BCUT2D eigenvalue weighted by Crippen LogP contribution is -2.20. The van der Waals surface area contributed by atoms with Crippen LogP contribution in [0.25, 0.3) is 0 Å². The molecule has 2 N–H and O–H groups in total. The van der Waals surface area contributed by atoms with E-state index in [2.05, 4.69) is 21.2 Å². The van der Waals surface area contributed by atoms with Crippen LogP contribution in [0.3, 0.4) is 0 Å². The lowest BCUT2D eigenvalue weighted by Gasteiger charge is -2.08. The number of nitrogens with one attached hydrogen (secondary N) is 1. The SMILES string of the molecule is O=C(COc1ccc(Br)cc1)Nc1ccc(CCO)cc1. The molecule has 0 heterocycles. The summed E-state index contributed by atoms with van der Waals surface area (Å²) < 4.78 is 6.35. The fourth-order valence-electron chi connectivity index (χ4n) is 1.76. The van der Waals surface area contributed by atoms with Crippen molar-refractivity contribution >= 4 is 27.5 Å². The van der Waals surface area contributed by atoms with E-state index in [1.54, 1.807) is 12.1 Å². The molecule has 1 amide bonds. The van der Waals surface area contributed by atoms with Gasteiger partial charge in [0.2, 0.25) is 0 Å². The van der Waals surface area contributed by atoms with Gasteiger partial charge >= 0.3 is 0 Å². The van der Waals surface area contributed by atoms with Gasteiger partial charge in [-0.25, -0.2) is 0 Å². The van der Waals surface area contributed by atoms with Crippen LogP contribution in [-0.4, -0.2) is 24.2 Å². The molecule has 2 rings (SSSR count). The molecule has 0 aromatic heterocycles. The molecule has 0 atom stereocenters. The van der Waals surface area contributed by atoms with Gasteiger partial charge in [-0.3, -0.25) is 4.79 Å². The van der Waals surface area contributed by atoms with Gasteiger partial charge in [-0.1, -0.05) is 28.1 Å². The molecule has 0 aliphatic heterocycles. The van der Waals surface area contributed by atoms with Crippen molar-refractivity contribution < 1.29 is 14.6 Å². The van der Waals surface area contributed by atoms with Crippen LogP contribution in [0.5, 0.6) is 5.75 Å². The second kappa shape index (κ2) is 7.81. The van der Waals surface area contributed by atoms with Gasteiger partial charge in [0.15, 0.2) is 6.61 Å². The third kappa shape index (κ3) is 5.21. The quantitative estimate of drug-likeness (QED) is 0.842. The molecule has 110 valence electrons. The zero-order valence-electron chi connectivity index (χ0n) is 11.4. The lowest BCUT2D eigenvalue weighted by atomic mass is 10.1. The normalized spacial score (nSPS) is 10.2. The Kier molecular flexibility index (Phi) is 5.78. The maximum atomic E-state index is 11.8. The molecule has 4 nitrogen and oxygen atoms in total. The number of aliphatic hydroxyl groups excluding tert-OH is 1. The van der Waals surface area contributed by atoms with Crippen molar-refractivity contribution in [1.29, 1.82) is 0 Å². The highest BCUT2D eigenvalue weighted by Gasteiger charge is 2.04. The van der Waals surface area contributed by atoms with Gasteiger partial charge in [0, 0.05) is 16.8 Å². The zero-order chi connectivity index (χ0) is 15.1. The molecule has 0 bridgehead atoms. The van der Waals surface area contributed by atoms with Gasteiger partial charge in [0.25, 0.3) is 5.91 Å². The highest BCUT2D eigenvalue weighted by Crippen LogP contribution is 2.16. The molecular formula is C16H16BrNO3. The van der Waals surface area contributed by atoms with Crippen LogP contribution in [0.1, 0.15) is 5.56 Å². The molecule has 0 radical (unpaired) electrons. The number of ether oxygens (including phenoxy) is 1. The first-order valence-corrected chi connectivity index (χ1v) is 7.34. The van der Waals surface area contributed by atoms with Crippen molar-refractivity contribution in [2.24, 2.45) is 0 Å². The van der Waals surface area contributed by atoms with E-state index in [-0.39, 0.29) is 19.1 Å². The summed E-state index contributed by atoms with van der Waals surface area (Å²) in [6.07, 6.45) is 0.612. The van der Waals surface area contributed by atoms with Crippen LogP contribution in [0.2, 0.25) is 0 Å². The van der Waals surface area contributed by atoms with Gasteiger partial charge in [0.1, 0.15) is 5.75 Å². The Balaban J connectivity index is 1.82. The number of halogens is 1. The Morgan fingerprint density at radius 2 is 1.76 bits per heavy atom. The molecular weight excluding hydrogens is 334 g/mol. The molecule has 0 aliphatic rings. The van der Waals surface area contributed by atoms with Crippen molar-refractivity contribution in [2.75, 3.05) is 18.5 Å². The maximum absolute atomic E-state index is 11.8. The van der Waals surface area contributed by atoms with Crippen LogP contribution in [0.15, 0.2) is 53.0 Å². The van der Waals surface area contributed by atoms with E-state index >= 15 is 0 Å². The Bertz CT molecular complexity index is 581. The fraction of sp³-hybridized carbons (Fsp3) is 0.188. The predicted octanol–water partition coefficient (Wildman–Crippen LogP) is 3.00. The monoisotopic (exact) mass is 349 g/mol. The summed E-state index contributed by atoms with van der Waals surface area (Å²) >= 11 is 3.34. The first kappa shape index (κ1) is 15.5. The highest BCUT2D eigenvalue weighted by atomic mass is 79.9.